The first-order valence-corrected chi connectivity index (χ1v) is 9.82. The number of ether oxygens (including phenoxy) is 2. The van der Waals surface area contributed by atoms with Crippen molar-refractivity contribution in [2.45, 2.75) is 44.2 Å². The van der Waals surface area contributed by atoms with E-state index in [2.05, 4.69) is 9.98 Å². The molecular formula is C23H26FN3O2. The van der Waals surface area contributed by atoms with E-state index in [4.69, 9.17) is 22.1 Å². The largest absolute Gasteiger partial charge is 0.462 e. The Bertz CT molecular complexity index is 1170. The van der Waals surface area contributed by atoms with Crippen molar-refractivity contribution in [2.75, 3.05) is 13.6 Å². The van der Waals surface area contributed by atoms with Crippen molar-refractivity contribution in [3.8, 4) is 11.1 Å². The summed E-state index contributed by atoms with van der Waals surface area (Å²) in [6.07, 6.45) is 4.17. The molecule has 5 nitrogen and oxygen atoms in total. The van der Waals surface area contributed by atoms with Crippen LogP contribution in [0.5, 0.6) is 0 Å². The van der Waals surface area contributed by atoms with Crippen LogP contribution in [0.15, 0.2) is 41.7 Å². The average molecular weight is 401 g/mol. The summed E-state index contributed by atoms with van der Waals surface area (Å²) < 4.78 is 64.9. The molecule has 2 N–H and O–H groups in total. The molecular weight excluding hydrogens is 369 g/mol. The first-order chi connectivity index (χ1) is 15.9. The van der Waals surface area contributed by atoms with E-state index in [0.29, 0.717) is 42.4 Å². The molecule has 29 heavy (non-hydrogen) atoms. The number of pyridine rings is 1. The molecule has 1 aromatic carbocycles. The minimum Gasteiger partial charge on any atom is -0.462 e. The third-order valence-corrected chi connectivity index (χ3v) is 6.82. The number of nitrogens with zero attached hydrogens (tertiary/aromatic N) is 2. The van der Waals surface area contributed by atoms with Crippen molar-refractivity contribution in [3.05, 3.63) is 53.6 Å². The summed E-state index contributed by atoms with van der Waals surface area (Å²) in [4.78, 5) is 8.57. The monoisotopic (exact) mass is 400 g/mol. The third-order valence-electron chi connectivity index (χ3n) is 6.82. The first-order valence-electron chi connectivity index (χ1n) is 12.3. The number of aromatic nitrogens is 1. The lowest BCUT2D eigenvalue weighted by Gasteiger charge is -2.47. The molecule has 0 unspecified atom stereocenters. The van der Waals surface area contributed by atoms with E-state index < -0.39 is 36.5 Å². The molecule has 0 bridgehead atoms. The number of rotatable bonds is 2. The summed E-state index contributed by atoms with van der Waals surface area (Å²) in [5.41, 5.74) is 6.67. The molecule has 1 fully saturated rings. The maximum Gasteiger partial charge on any atom is 0.283 e. The Hall–Kier alpha value is -2.47. The molecule has 2 aliphatic carbocycles. The van der Waals surface area contributed by atoms with Gasteiger partial charge in [-0.05, 0) is 60.4 Å². The molecule has 3 aliphatic rings. The fourth-order valence-corrected chi connectivity index (χ4v) is 5.49. The zero-order valence-electron chi connectivity index (χ0n) is 21.1. The Morgan fingerprint density at radius 3 is 2.97 bits per heavy atom. The summed E-state index contributed by atoms with van der Waals surface area (Å²) in [7, 11) is -2.50. The lowest BCUT2D eigenvalue weighted by Crippen LogP contribution is -2.48. The van der Waals surface area contributed by atoms with Crippen molar-refractivity contribution in [1.82, 2.24) is 4.98 Å². The molecule has 0 saturated heterocycles. The van der Waals surface area contributed by atoms with Crippen LogP contribution >= 0.6 is 0 Å². The average Bonchev–Trinajstić information content (AvgIpc) is 3.13. The zero-order chi connectivity index (χ0) is 24.5. The fourth-order valence-electron chi connectivity index (χ4n) is 5.49. The Morgan fingerprint density at radius 1 is 1.34 bits per heavy atom. The predicted molar refractivity (Wildman–Crippen MR) is 109 cm³/mol. The van der Waals surface area contributed by atoms with E-state index in [9.17, 15) is 4.39 Å². The van der Waals surface area contributed by atoms with Crippen LogP contribution in [0.4, 0.5) is 4.39 Å². The van der Waals surface area contributed by atoms with Gasteiger partial charge in [0.25, 0.3) is 6.02 Å². The van der Waals surface area contributed by atoms with Crippen molar-refractivity contribution >= 4 is 6.02 Å². The maximum atomic E-state index is 13.8. The maximum absolute atomic E-state index is 13.8. The van der Waals surface area contributed by atoms with Crippen LogP contribution in [0.1, 0.15) is 44.2 Å². The van der Waals surface area contributed by atoms with Gasteiger partial charge in [0.1, 0.15) is 17.9 Å². The van der Waals surface area contributed by atoms with Gasteiger partial charge in [0.05, 0.1) is 19.2 Å². The van der Waals surface area contributed by atoms with Gasteiger partial charge in [-0.3, -0.25) is 4.98 Å². The molecule has 5 rings (SSSR count). The second-order valence-electron chi connectivity index (χ2n) is 8.46. The smallest absolute Gasteiger partial charge is 0.283 e. The molecule has 2 heterocycles. The van der Waals surface area contributed by atoms with Crippen molar-refractivity contribution < 1.29 is 20.7 Å². The second-order valence-corrected chi connectivity index (χ2v) is 8.46. The van der Waals surface area contributed by atoms with Crippen molar-refractivity contribution in [2.24, 2.45) is 22.1 Å². The van der Waals surface area contributed by atoms with Gasteiger partial charge in [-0.1, -0.05) is 19.1 Å². The van der Waals surface area contributed by atoms with Gasteiger partial charge >= 0.3 is 0 Å². The standard InChI is InChI=1S/C23H26FN3O2/c1-14-9-22(6-5-20(14)28-2)10-16-4-3-15(17-7-18(24)12-26-11-17)8-19(16)23(22)13-29-21(25)27-23/h3-4,7-8,11-12,14,20H,5-6,9-10,13H2,1-2H3,(H2,25,27)/t14-,20-,22-,23+/m0/s1/i2D3,13D2. The summed E-state index contributed by atoms with van der Waals surface area (Å²) in [5, 5.41) is 0. The minimum absolute atomic E-state index is 0.153. The number of aliphatic imine (C=N–C) groups is 1. The van der Waals surface area contributed by atoms with Crippen LogP contribution in [0, 0.1) is 17.2 Å². The van der Waals surface area contributed by atoms with E-state index in [1.165, 1.54) is 6.07 Å². The summed E-state index contributed by atoms with van der Waals surface area (Å²) >= 11 is 0. The fraction of sp³-hybridized carbons (Fsp3) is 0.478. The molecule has 4 atom stereocenters. The van der Waals surface area contributed by atoms with E-state index >= 15 is 0 Å². The van der Waals surface area contributed by atoms with Gasteiger partial charge in [0, 0.05) is 24.2 Å². The van der Waals surface area contributed by atoms with Crippen LogP contribution in [-0.4, -0.2) is 30.7 Å². The molecule has 2 aromatic rings. The van der Waals surface area contributed by atoms with Crippen LogP contribution in [-0.2, 0) is 21.4 Å². The molecule has 1 saturated carbocycles. The number of amidine groups is 1. The summed E-state index contributed by atoms with van der Waals surface area (Å²) in [6.45, 7) is -0.297. The number of nitrogens with two attached hydrogens (primary N) is 1. The number of benzene rings is 1. The number of fused-ring (bicyclic) bond motifs is 3. The molecule has 0 amide bonds. The predicted octanol–water partition coefficient (Wildman–Crippen LogP) is 3.81. The minimum atomic E-state index is -2.50. The van der Waals surface area contributed by atoms with E-state index in [-0.39, 0.29) is 11.9 Å². The highest BCUT2D eigenvalue weighted by Gasteiger charge is 2.62. The SMILES string of the molecule is [2H]C([2H])([2H])O[C@H]1CC[C@@]2(Cc3ccc(-c4cncc(F)c4)cc3[C@@]23N=C(N)OC3([2H])[2H])C[C@@H]1C. The summed E-state index contributed by atoms with van der Waals surface area (Å²) in [5.74, 6) is -0.618. The molecule has 1 aliphatic heterocycles. The molecule has 0 radical (unpaired) electrons. The Kier molecular flexibility index (Phi) is 3.08. The van der Waals surface area contributed by atoms with Gasteiger partial charge in [0.2, 0.25) is 0 Å². The highest BCUT2D eigenvalue weighted by atomic mass is 19.1. The third kappa shape index (κ3) is 2.69. The lowest BCUT2D eigenvalue weighted by molar-refractivity contribution is -0.0445. The second kappa shape index (κ2) is 6.52. The van der Waals surface area contributed by atoms with Gasteiger partial charge in [-0.2, -0.15) is 0 Å². The normalized spacial score (nSPS) is 37.7. The van der Waals surface area contributed by atoms with Crippen LogP contribution < -0.4 is 5.73 Å². The quantitative estimate of drug-likeness (QED) is 0.832. The lowest BCUT2D eigenvalue weighted by atomic mass is 9.59. The van der Waals surface area contributed by atoms with Gasteiger partial charge in [-0.15, -0.1) is 0 Å². The van der Waals surface area contributed by atoms with Crippen molar-refractivity contribution in [1.29, 1.82) is 0 Å². The van der Waals surface area contributed by atoms with E-state index in [1.54, 1.807) is 6.20 Å². The Morgan fingerprint density at radius 2 is 2.24 bits per heavy atom. The van der Waals surface area contributed by atoms with Gasteiger partial charge in [-0.25, -0.2) is 9.38 Å². The van der Waals surface area contributed by atoms with Gasteiger partial charge < -0.3 is 15.2 Å². The first kappa shape index (κ1) is 13.7. The number of hydrogen-bond donors (Lipinski definition) is 1. The van der Waals surface area contributed by atoms with Crippen LogP contribution in [0.25, 0.3) is 11.1 Å². The van der Waals surface area contributed by atoms with E-state index in [0.717, 1.165) is 11.8 Å². The molecule has 1 aromatic heterocycles. The van der Waals surface area contributed by atoms with E-state index in [1.807, 2.05) is 25.1 Å². The highest BCUT2D eigenvalue weighted by Crippen LogP contribution is 2.62. The van der Waals surface area contributed by atoms with Crippen molar-refractivity contribution in [3.63, 3.8) is 0 Å². The highest BCUT2D eigenvalue weighted by molar-refractivity contribution is 5.76. The van der Waals surface area contributed by atoms with Crippen LogP contribution in [0.2, 0.25) is 0 Å². The topological polar surface area (TPSA) is 69.7 Å². The molecule has 6 heteroatoms. The number of methoxy groups -OCH3 is 1. The summed E-state index contributed by atoms with van der Waals surface area (Å²) in [6, 6.07) is 6.78. The van der Waals surface area contributed by atoms with Crippen LogP contribution in [0.3, 0.4) is 0 Å². The molecule has 152 valence electrons. The Balaban J connectivity index is 1.62. The molecule has 2 spiro atoms. The van der Waals surface area contributed by atoms with Gasteiger partial charge in [0.15, 0.2) is 0 Å². The number of hydrogen-bond acceptors (Lipinski definition) is 5. The Labute approximate surface area is 177 Å². The number of halogens is 1. The zero-order valence-corrected chi connectivity index (χ0v) is 16.1.